The third-order valence-electron chi connectivity index (χ3n) is 4.24. The molecule has 2 heterocycles. The fraction of sp³-hybridized carbons (Fsp3) is 0.400. The van der Waals surface area contributed by atoms with Gasteiger partial charge < -0.3 is 4.90 Å². The highest BCUT2D eigenvalue weighted by Gasteiger charge is 2.22. The normalized spacial score (nSPS) is 15.6. The molecule has 25 heavy (non-hydrogen) atoms. The summed E-state index contributed by atoms with van der Waals surface area (Å²) < 4.78 is 0. The largest absolute Gasteiger partial charge is 0.336 e. The second kappa shape index (κ2) is 8.50. The van der Waals surface area contributed by atoms with Crippen LogP contribution in [0.3, 0.4) is 0 Å². The van der Waals surface area contributed by atoms with Gasteiger partial charge in [0, 0.05) is 49.4 Å². The number of nitrogens with zero attached hydrogens (tertiary/aromatic N) is 3. The van der Waals surface area contributed by atoms with E-state index in [2.05, 4.69) is 23.7 Å². The van der Waals surface area contributed by atoms with Gasteiger partial charge in [0.2, 0.25) is 0 Å². The summed E-state index contributed by atoms with van der Waals surface area (Å²) in [6.07, 6.45) is 1.79. The number of pyridine rings is 1. The molecular weight excluding hydrogens is 330 g/mol. The van der Waals surface area contributed by atoms with Crippen LogP contribution in [0.1, 0.15) is 24.2 Å². The summed E-state index contributed by atoms with van der Waals surface area (Å²) in [5, 5.41) is 0.961. The Labute approximate surface area is 154 Å². The first-order valence-corrected chi connectivity index (χ1v) is 9.64. The molecule has 1 saturated heterocycles. The summed E-state index contributed by atoms with van der Waals surface area (Å²) >= 11 is 1.61. The van der Waals surface area contributed by atoms with Crippen molar-refractivity contribution in [3.8, 4) is 0 Å². The molecule has 2 aromatic rings. The van der Waals surface area contributed by atoms with Gasteiger partial charge in [0.15, 0.2) is 0 Å². The lowest BCUT2D eigenvalue weighted by Crippen LogP contribution is -2.49. The van der Waals surface area contributed by atoms with E-state index >= 15 is 0 Å². The van der Waals surface area contributed by atoms with Gasteiger partial charge in [-0.2, -0.15) is 0 Å². The maximum absolute atomic E-state index is 12.7. The first-order chi connectivity index (χ1) is 12.1. The highest BCUT2D eigenvalue weighted by Crippen LogP contribution is 2.26. The van der Waals surface area contributed by atoms with Crippen molar-refractivity contribution in [3.63, 3.8) is 0 Å². The van der Waals surface area contributed by atoms with Gasteiger partial charge in [-0.25, -0.2) is 4.98 Å². The van der Waals surface area contributed by atoms with E-state index in [0.29, 0.717) is 5.92 Å². The van der Waals surface area contributed by atoms with Crippen LogP contribution in [0.15, 0.2) is 58.6 Å². The highest BCUT2D eigenvalue weighted by molar-refractivity contribution is 7.99. The Kier molecular flexibility index (Phi) is 6.10. The summed E-state index contributed by atoms with van der Waals surface area (Å²) in [5.74, 6) is 0.810. The van der Waals surface area contributed by atoms with Crippen molar-refractivity contribution in [1.29, 1.82) is 0 Å². The zero-order valence-electron chi connectivity index (χ0n) is 14.9. The Morgan fingerprint density at radius 1 is 1.08 bits per heavy atom. The van der Waals surface area contributed by atoms with Crippen LogP contribution in [-0.4, -0.2) is 53.4 Å². The molecule has 1 aromatic heterocycles. The molecule has 0 atom stereocenters. The first kappa shape index (κ1) is 18.0. The zero-order valence-corrected chi connectivity index (χ0v) is 15.7. The number of carbonyl (C=O) groups excluding carboxylic acids is 1. The maximum atomic E-state index is 12.7. The van der Waals surface area contributed by atoms with Crippen LogP contribution >= 0.6 is 11.8 Å². The van der Waals surface area contributed by atoms with E-state index in [0.717, 1.165) is 48.2 Å². The summed E-state index contributed by atoms with van der Waals surface area (Å²) in [7, 11) is 0. The Bertz CT molecular complexity index is 680. The van der Waals surface area contributed by atoms with Crippen molar-refractivity contribution in [2.45, 2.75) is 23.8 Å². The molecule has 1 aliphatic heterocycles. The SMILES string of the molecule is CC(C)CN1CCN(C(=O)c2ccc(Sc3ccccn3)cc2)CC1. The molecule has 0 saturated carbocycles. The minimum absolute atomic E-state index is 0.138. The van der Waals surface area contributed by atoms with E-state index in [1.165, 1.54) is 0 Å². The second-order valence-corrected chi connectivity index (χ2v) is 7.87. The molecule has 4 nitrogen and oxygen atoms in total. The minimum atomic E-state index is 0.138. The van der Waals surface area contributed by atoms with Crippen molar-refractivity contribution < 1.29 is 4.79 Å². The average molecular weight is 356 g/mol. The van der Waals surface area contributed by atoms with E-state index in [4.69, 9.17) is 0 Å². The summed E-state index contributed by atoms with van der Waals surface area (Å²) in [5.41, 5.74) is 0.766. The fourth-order valence-corrected chi connectivity index (χ4v) is 3.80. The first-order valence-electron chi connectivity index (χ1n) is 8.82. The Morgan fingerprint density at radius 2 is 1.80 bits per heavy atom. The molecule has 1 fully saturated rings. The van der Waals surface area contributed by atoms with Crippen LogP contribution in [0.4, 0.5) is 0 Å². The van der Waals surface area contributed by atoms with Gasteiger partial charge >= 0.3 is 0 Å². The predicted octanol–water partition coefficient (Wildman–Crippen LogP) is 3.65. The lowest BCUT2D eigenvalue weighted by molar-refractivity contribution is 0.0624. The van der Waals surface area contributed by atoms with Gasteiger partial charge in [-0.1, -0.05) is 31.7 Å². The molecular formula is C20H25N3OS. The molecule has 0 bridgehead atoms. The predicted molar refractivity (Wildman–Crippen MR) is 102 cm³/mol. The number of amides is 1. The van der Waals surface area contributed by atoms with Gasteiger partial charge in [0.25, 0.3) is 5.91 Å². The number of hydrogen-bond donors (Lipinski definition) is 0. The summed E-state index contributed by atoms with van der Waals surface area (Å²) in [6.45, 7) is 9.16. The molecule has 132 valence electrons. The van der Waals surface area contributed by atoms with Gasteiger partial charge in [-0.05, 0) is 42.3 Å². The summed E-state index contributed by atoms with van der Waals surface area (Å²) in [4.78, 5) is 22.5. The van der Waals surface area contributed by atoms with Gasteiger partial charge in [0.05, 0.1) is 0 Å². The van der Waals surface area contributed by atoms with Crippen LogP contribution in [0.25, 0.3) is 0 Å². The number of hydrogen-bond acceptors (Lipinski definition) is 4. The molecule has 1 aliphatic rings. The topological polar surface area (TPSA) is 36.4 Å². The van der Waals surface area contributed by atoms with Crippen molar-refractivity contribution in [2.75, 3.05) is 32.7 Å². The highest BCUT2D eigenvalue weighted by atomic mass is 32.2. The maximum Gasteiger partial charge on any atom is 0.253 e. The van der Waals surface area contributed by atoms with E-state index < -0.39 is 0 Å². The summed E-state index contributed by atoms with van der Waals surface area (Å²) in [6, 6.07) is 13.7. The second-order valence-electron chi connectivity index (χ2n) is 6.78. The fourth-order valence-electron chi connectivity index (χ4n) is 3.03. The van der Waals surface area contributed by atoms with Gasteiger partial charge in [-0.15, -0.1) is 0 Å². The Morgan fingerprint density at radius 3 is 2.40 bits per heavy atom. The number of rotatable bonds is 5. The zero-order chi connectivity index (χ0) is 17.6. The Balaban J connectivity index is 1.56. The molecule has 1 aromatic carbocycles. The van der Waals surface area contributed by atoms with Crippen LogP contribution in [0.5, 0.6) is 0 Å². The third-order valence-corrected chi connectivity index (χ3v) is 5.20. The van der Waals surface area contributed by atoms with Crippen molar-refractivity contribution >= 4 is 17.7 Å². The van der Waals surface area contributed by atoms with Crippen LogP contribution in [0, 0.1) is 5.92 Å². The van der Waals surface area contributed by atoms with Crippen molar-refractivity contribution in [2.24, 2.45) is 5.92 Å². The molecule has 0 unspecified atom stereocenters. The van der Waals surface area contributed by atoms with Crippen molar-refractivity contribution in [3.05, 3.63) is 54.2 Å². The van der Waals surface area contributed by atoms with Gasteiger partial charge in [0.1, 0.15) is 5.03 Å². The van der Waals surface area contributed by atoms with Crippen molar-refractivity contribution in [1.82, 2.24) is 14.8 Å². The molecule has 0 spiro atoms. The minimum Gasteiger partial charge on any atom is -0.336 e. The number of aromatic nitrogens is 1. The number of benzene rings is 1. The molecule has 5 heteroatoms. The smallest absolute Gasteiger partial charge is 0.253 e. The molecule has 0 radical (unpaired) electrons. The molecule has 0 N–H and O–H groups in total. The van der Waals surface area contributed by atoms with E-state index in [1.54, 1.807) is 18.0 Å². The van der Waals surface area contributed by atoms with Crippen LogP contribution in [-0.2, 0) is 0 Å². The van der Waals surface area contributed by atoms with Gasteiger partial charge in [-0.3, -0.25) is 9.69 Å². The Hall–Kier alpha value is -1.85. The molecule has 0 aliphatic carbocycles. The number of piperazine rings is 1. The monoisotopic (exact) mass is 355 g/mol. The molecule has 1 amide bonds. The average Bonchev–Trinajstić information content (AvgIpc) is 2.63. The van der Waals surface area contributed by atoms with Crippen LogP contribution < -0.4 is 0 Å². The molecule has 3 rings (SSSR count). The standard InChI is InChI=1S/C20H25N3OS/c1-16(2)15-22-11-13-23(14-12-22)20(24)17-6-8-18(9-7-17)25-19-5-3-4-10-21-19/h3-10,16H,11-15H2,1-2H3. The van der Waals surface area contributed by atoms with E-state index in [1.807, 2.05) is 47.4 Å². The third kappa shape index (κ3) is 5.06. The van der Waals surface area contributed by atoms with E-state index in [9.17, 15) is 4.79 Å². The quantitative estimate of drug-likeness (QED) is 0.820. The lowest BCUT2D eigenvalue weighted by Gasteiger charge is -2.35. The van der Waals surface area contributed by atoms with E-state index in [-0.39, 0.29) is 5.91 Å². The number of carbonyl (C=O) groups is 1. The lowest BCUT2D eigenvalue weighted by atomic mass is 10.1. The van der Waals surface area contributed by atoms with Crippen LogP contribution in [0.2, 0.25) is 0 Å².